The van der Waals surface area contributed by atoms with E-state index >= 15 is 0 Å². The topological polar surface area (TPSA) is 78.7 Å². The first-order valence-corrected chi connectivity index (χ1v) is 9.46. The summed E-state index contributed by atoms with van der Waals surface area (Å²) in [4.78, 5) is 28.6. The molecule has 0 aliphatic heterocycles. The van der Waals surface area contributed by atoms with Crippen molar-refractivity contribution in [2.45, 2.75) is 27.7 Å². The molecule has 0 bridgehead atoms. The molecule has 7 nitrogen and oxygen atoms in total. The van der Waals surface area contributed by atoms with Gasteiger partial charge in [0.25, 0.3) is 5.91 Å². The van der Waals surface area contributed by atoms with Gasteiger partial charge in [-0.05, 0) is 31.4 Å². The van der Waals surface area contributed by atoms with E-state index in [-0.39, 0.29) is 17.2 Å². The minimum atomic E-state index is -0.290. The summed E-state index contributed by atoms with van der Waals surface area (Å²) in [6.45, 7) is 9.83. The van der Waals surface area contributed by atoms with Gasteiger partial charge in [-0.3, -0.25) is 9.59 Å². The van der Waals surface area contributed by atoms with Crippen LogP contribution >= 0.6 is 0 Å². The zero-order valence-corrected chi connectivity index (χ0v) is 17.4. The highest BCUT2D eigenvalue weighted by Gasteiger charge is 2.26. The Balaban J connectivity index is 1.87. The summed E-state index contributed by atoms with van der Waals surface area (Å²) in [5.74, 6) is -0.230. The molecule has 0 atom stereocenters. The highest BCUT2D eigenvalue weighted by molar-refractivity contribution is 5.93. The van der Waals surface area contributed by atoms with Crippen molar-refractivity contribution in [1.82, 2.24) is 15.4 Å². The molecule has 7 heteroatoms. The number of rotatable bonds is 9. The maximum absolute atomic E-state index is 12.5. The zero-order chi connectivity index (χ0) is 20.7. The number of carbonyl (C=O) groups is 2. The number of hydrogen-bond donors (Lipinski definition) is 1. The van der Waals surface area contributed by atoms with Crippen LogP contribution in [0.1, 0.15) is 36.8 Å². The first-order chi connectivity index (χ1) is 13.2. The van der Waals surface area contributed by atoms with Crippen LogP contribution in [0.15, 0.2) is 41.1 Å². The summed E-state index contributed by atoms with van der Waals surface area (Å²) in [7, 11) is 1.73. The fourth-order valence-corrected chi connectivity index (χ4v) is 3.04. The molecule has 0 saturated heterocycles. The average molecular weight is 386 g/mol. The molecular weight excluding hydrogens is 356 g/mol. The van der Waals surface area contributed by atoms with Crippen LogP contribution in [-0.2, 0) is 4.79 Å². The second-order valence-corrected chi connectivity index (χ2v) is 7.80. The Kier molecular flexibility index (Phi) is 7.20. The quantitative estimate of drug-likeness (QED) is 0.717. The number of aromatic nitrogens is 1. The molecule has 1 heterocycles. The van der Waals surface area contributed by atoms with E-state index in [2.05, 4.69) is 10.5 Å². The van der Waals surface area contributed by atoms with Crippen LogP contribution in [-0.4, -0.2) is 55.1 Å². The van der Waals surface area contributed by atoms with Crippen molar-refractivity contribution < 1.29 is 14.1 Å². The SMILES string of the molecule is CCN(CC(=O)NCC(C)(C)CN(C)C(=O)c1nocc1C)c1ccccc1. The van der Waals surface area contributed by atoms with Crippen LogP contribution in [0.5, 0.6) is 0 Å². The molecule has 2 amide bonds. The van der Waals surface area contributed by atoms with Crippen molar-refractivity contribution in [3.63, 3.8) is 0 Å². The second kappa shape index (κ2) is 9.39. The van der Waals surface area contributed by atoms with Crippen LogP contribution in [0.4, 0.5) is 5.69 Å². The number of para-hydroxylation sites is 1. The van der Waals surface area contributed by atoms with Gasteiger partial charge in [-0.2, -0.15) is 0 Å². The lowest BCUT2D eigenvalue weighted by molar-refractivity contribution is -0.120. The van der Waals surface area contributed by atoms with E-state index in [1.54, 1.807) is 18.9 Å². The molecule has 0 aliphatic carbocycles. The summed E-state index contributed by atoms with van der Waals surface area (Å²) < 4.78 is 4.85. The fraction of sp³-hybridized carbons (Fsp3) is 0.476. The summed E-state index contributed by atoms with van der Waals surface area (Å²) in [5, 5.41) is 6.77. The molecule has 2 rings (SSSR count). The Labute approximate surface area is 166 Å². The molecule has 28 heavy (non-hydrogen) atoms. The van der Waals surface area contributed by atoms with Crippen molar-refractivity contribution in [3.05, 3.63) is 47.9 Å². The summed E-state index contributed by atoms with van der Waals surface area (Å²) >= 11 is 0. The predicted octanol–water partition coefficient (Wildman–Crippen LogP) is 2.72. The average Bonchev–Trinajstić information content (AvgIpc) is 3.10. The van der Waals surface area contributed by atoms with Gasteiger partial charge in [0, 0.05) is 37.9 Å². The maximum atomic E-state index is 12.5. The van der Waals surface area contributed by atoms with Crippen LogP contribution in [0.3, 0.4) is 0 Å². The van der Waals surface area contributed by atoms with E-state index in [0.29, 0.717) is 30.9 Å². The van der Waals surface area contributed by atoms with E-state index in [4.69, 9.17) is 4.52 Å². The van der Waals surface area contributed by atoms with Gasteiger partial charge in [-0.1, -0.05) is 37.2 Å². The fourth-order valence-electron chi connectivity index (χ4n) is 3.04. The number of nitrogens with zero attached hydrogens (tertiary/aromatic N) is 3. The first kappa shape index (κ1) is 21.5. The van der Waals surface area contributed by atoms with Gasteiger partial charge in [0.2, 0.25) is 5.91 Å². The lowest BCUT2D eigenvalue weighted by atomic mass is 9.92. The molecule has 0 fully saturated rings. The Morgan fingerprint density at radius 3 is 2.46 bits per heavy atom. The van der Waals surface area contributed by atoms with Crippen LogP contribution in [0.2, 0.25) is 0 Å². The second-order valence-electron chi connectivity index (χ2n) is 7.80. The molecule has 152 valence electrons. The van der Waals surface area contributed by atoms with E-state index in [9.17, 15) is 9.59 Å². The van der Waals surface area contributed by atoms with E-state index in [0.717, 1.165) is 12.2 Å². The molecule has 1 aromatic heterocycles. The van der Waals surface area contributed by atoms with Gasteiger partial charge in [0.1, 0.15) is 6.26 Å². The summed E-state index contributed by atoms with van der Waals surface area (Å²) in [5.41, 5.74) is 1.77. The molecule has 0 unspecified atom stereocenters. The third-order valence-electron chi connectivity index (χ3n) is 4.56. The Bertz CT molecular complexity index is 786. The lowest BCUT2D eigenvalue weighted by Gasteiger charge is -2.31. The van der Waals surface area contributed by atoms with Gasteiger partial charge in [-0.25, -0.2) is 0 Å². The Morgan fingerprint density at radius 1 is 1.21 bits per heavy atom. The van der Waals surface area contributed by atoms with Crippen molar-refractivity contribution >= 4 is 17.5 Å². The zero-order valence-electron chi connectivity index (χ0n) is 17.4. The maximum Gasteiger partial charge on any atom is 0.276 e. The summed E-state index contributed by atoms with van der Waals surface area (Å²) in [6.07, 6.45) is 1.46. The van der Waals surface area contributed by atoms with Gasteiger partial charge < -0.3 is 19.6 Å². The van der Waals surface area contributed by atoms with E-state index < -0.39 is 0 Å². The molecule has 0 radical (unpaired) electrons. The van der Waals surface area contributed by atoms with Crippen molar-refractivity contribution in [2.24, 2.45) is 5.41 Å². The normalized spacial score (nSPS) is 11.2. The van der Waals surface area contributed by atoms with Crippen LogP contribution in [0.25, 0.3) is 0 Å². The molecule has 1 aromatic carbocycles. The monoisotopic (exact) mass is 386 g/mol. The van der Waals surface area contributed by atoms with E-state index in [1.807, 2.05) is 56.0 Å². The predicted molar refractivity (Wildman–Crippen MR) is 109 cm³/mol. The largest absolute Gasteiger partial charge is 0.364 e. The smallest absolute Gasteiger partial charge is 0.276 e. The minimum Gasteiger partial charge on any atom is -0.364 e. The Hall–Kier alpha value is -2.83. The van der Waals surface area contributed by atoms with Gasteiger partial charge in [-0.15, -0.1) is 0 Å². The Morgan fingerprint density at radius 2 is 1.89 bits per heavy atom. The standard InChI is InChI=1S/C21H30N4O3/c1-6-25(17-10-8-7-9-11-17)12-18(26)22-14-21(3,4)15-24(5)20(27)19-16(2)13-28-23-19/h7-11,13H,6,12,14-15H2,1-5H3,(H,22,26). The van der Waals surface area contributed by atoms with Gasteiger partial charge >= 0.3 is 0 Å². The lowest BCUT2D eigenvalue weighted by Crippen LogP contribution is -2.45. The minimum absolute atomic E-state index is 0.0416. The number of aryl methyl sites for hydroxylation is 1. The molecule has 1 N–H and O–H groups in total. The van der Waals surface area contributed by atoms with Gasteiger partial charge in [0.15, 0.2) is 5.69 Å². The number of benzene rings is 1. The van der Waals surface area contributed by atoms with Gasteiger partial charge in [0.05, 0.1) is 6.54 Å². The number of amides is 2. The first-order valence-electron chi connectivity index (χ1n) is 9.46. The molecule has 0 saturated carbocycles. The van der Waals surface area contributed by atoms with Crippen LogP contribution < -0.4 is 10.2 Å². The highest BCUT2D eigenvalue weighted by atomic mass is 16.5. The van der Waals surface area contributed by atoms with Crippen molar-refractivity contribution in [1.29, 1.82) is 0 Å². The third kappa shape index (κ3) is 5.84. The number of likely N-dealkylation sites (N-methyl/N-ethyl adjacent to an activating group) is 1. The third-order valence-corrected chi connectivity index (χ3v) is 4.56. The number of anilines is 1. The van der Waals surface area contributed by atoms with Crippen molar-refractivity contribution in [2.75, 3.05) is 38.1 Å². The molecule has 0 spiro atoms. The molecule has 2 aromatic rings. The summed E-state index contributed by atoms with van der Waals surface area (Å²) in [6, 6.07) is 9.86. The number of hydrogen-bond acceptors (Lipinski definition) is 5. The van der Waals surface area contributed by atoms with E-state index in [1.165, 1.54) is 6.26 Å². The van der Waals surface area contributed by atoms with Crippen molar-refractivity contribution in [3.8, 4) is 0 Å². The van der Waals surface area contributed by atoms with Crippen LogP contribution in [0, 0.1) is 12.3 Å². The molecule has 0 aliphatic rings. The molecular formula is C21H30N4O3. The number of nitrogens with one attached hydrogen (secondary N) is 1. The number of carbonyl (C=O) groups excluding carboxylic acids is 2. The highest BCUT2D eigenvalue weighted by Crippen LogP contribution is 2.18.